The molecule has 0 saturated heterocycles. The lowest BCUT2D eigenvalue weighted by Gasteiger charge is -2.11. The van der Waals surface area contributed by atoms with Crippen LogP contribution in [0.3, 0.4) is 0 Å². The largest absolute Gasteiger partial charge is 0.382 e. The summed E-state index contributed by atoms with van der Waals surface area (Å²) in [4.78, 5) is 18.7. The Hall–Kier alpha value is -2.15. The van der Waals surface area contributed by atoms with E-state index in [1.807, 2.05) is 18.9 Å². The molecule has 0 fully saturated rings. The summed E-state index contributed by atoms with van der Waals surface area (Å²) in [7, 11) is 1.87. The van der Waals surface area contributed by atoms with E-state index >= 15 is 0 Å². The molecule has 3 N–H and O–H groups in total. The van der Waals surface area contributed by atoms with Crippen LogP contribution in [0.15, 0.2) is 18.2 Å². The lowest BCUT2D eigenvalue weighted by molar-refractivity contribution is 0.103. The van der Waals surface area contributed by atoms with Gasteiger partial charge in [-0.1, -0.05) is 17.4 Å². The number of nitrogens with zero attached hydrogens (tertiary/aromatic N) is 2. The number of carbonyl (C=O) groups is 1. The van der Waals surface area contributed by atoms with E-state index in [0.717, 1.165) is 12.1 Å². The molecule has 0 unspecified atom stereocenters. The Morgan fingerprint density at radius 2 is 2.24 bits per heavy atom. The van der Waals surface area contributed by atoms with E-state index in [4.69, 9.17) is 5.73 Å². The fourth-order valence-corrected chi connectivity index (χ4v) is 2.59. The fourth-order valence-electron chi connectivity index (χ4n) is 1.69. The summed E-state index contributed by atoms with van der Waals surface area (Å²) in [5.41, 5.74) is 7.00. The highest BCUT2D eigenvalue weighted by Crippen LogP contribution is 2.28. The van der Waals surface area contributed by atoms with E-state index in [1.165, 1.54) is 23.5 Å². The van der Waals surface area contributed by atoms with Crippen molar-refractivity contribution in [3.8, 4) is 0 Å². The molecule has 2 rings (SSSR count). The van der Waals surface area contributed by atoms with Crippen molar-refractivity contribution in [1.29, 1.82) is 0 Å². The van der Waals surface area contributed by atoms with Gasteiger partial charge in [0, 0.05) is 19.3 Å². The molecule has 21 heavy (non-hydrogen) atoms. The molecule has 0 aliphatic heterocycles. The van der Waals surface area contributed by atoms with E-state index < -0.39 is 5.82 Å². The SMILES string of the molecule is CCN(C)c1nc(N)c(C(=O)Nc2cc(F)ccc2C)s1. The Labute approximate surface area is 126 Å². The van der Waals surface area contributed by atoms with Gasteiger partial charge in [0.05, 0.1) is 0 Å². The smallest absolute Gasteiger partial charge is 0.269 e. The minimum Gasteiger partial charge on any atom is -0.382 e. The molecule has 1 heterocycles. The van der Waals surface area contributed by atoms with E-state index in [-0.39, 0.29) is 11.7 Å². The molecule has 0 aliphatic carbocycles. The molecule has 1 amide bonds. The van der Waals surface area contributed by atoms with Gasteiger partial charge in [-0.05, 0) is 31.5 Å². The van der Waals surface area contributed by atoms with Crippen molar-refractivity contribution < 1.29 is 9.18 Å². The molecule has 1 aromatic carbocycles. The monoisotopic (exact) mass is 308 g/mol. The number of hydrogen-bond acceptors (Lipinski definition) is 5. The van der Waals surface area contributed by atoms with Crippen molar-refractivity contribution in [1.82, 2.24) is 4.98 Å². The van der Waals surface area contributed by atoms with Crippen LogP contribution in [0.4, 0.5) is 21.0 Å². The van der Waals surface area contributed by atoms with Crippen LogP contribution in [0, 0.1) is 12.7 Å². The third-order valence-electron chi connectivity index (χ3n) is 3.10. The number of carbonyl (C=O) groups excluding carboxylic acids is 1. The van der Waals surface area contributed by atoms with Gasteiger partial charge in [-0.3, -0.25) is 4.79 Å². The molecular weight excluding hydrogens is 291 g/mol. The van der Waals surface area contributed by atoms with E-state index in [9.17, 15) is 9.18 Å². The zero-order chi connectivity index (χ0) is 15.6. The minimum atomic E-state index is -0.403. The minimum absolute atomic E-state index is 0.182. The third-order valence-corrected chi connectivity index (χ3v) is 4.28. The van der Waals surface area contributed by atoms with Gasteiger partial charge in [0.2, 0.25) is 0 Å². The summed E-state index contributed by atoms with van der Waals surface area (Å²) in [6.45, 7) is 4.53. The molecule has 5 nitrogen and oxygen atoms in total. The average Bonchev–Trinajstić information content (AvgIpc) is 2.84. The Bertz CT molecular complexity index is 671. The predicted octanol–water partition coefficient (Wildman–Crippen LogP) is 2.88. The van der Waals surface area contributed by atoms with Gasteiger partial charge in [0.1, 0.15) is 16.5 Å². The summed E-state index contributed by atoms with van der Waals surface area (Å²) in [6.07, 6.45) is 0. The van der Waals surface area contributed by atoms with Gasteiger partial charge in [-0.15, -0.1) is 0 Å². The van der Waals surface area contributed by atoms with Gasteiger partial charge in [-0.25, -0.2) is 9.37 Å². The van der Waals surface area contributed by atoms with Crippen LogP contribution >= 0.6 is 11.3 Å². The Morgan fingerprint density at radius 1 is 1.52 bits per heavy atom. The maximum atomic E-state index is 13.2. The number of amides is 1. The Balaban J connectivity index is 2.24. The summed E-state index contributed by atoms with van der Waals surface area (Å²) in [5, 5.41) is 3.35. The molecule has 0 saturated carbocycles. The molecule has 0 aliphatic rings. The highest BCUT2D eigenvalue weighted by atomic mass is 32.1. The van der Waals surface area contributed by atoms with Crippen molar-refractivity contribution in [2.75, 3.05) is 29.5 Å². The maximum Gasteiger partial charge on any atom is 0.269 e. The van der Waals surface area contributed by atoms with E-state index in [2.05, 4.69) is 10.3 Å². The van der Waals surface area contributed by atoms with Crippen molar-refractivity contribution in [2.45, 2.75) is 13.8 Å². The van der Waals surface area contributed by atoms with Gasteiger partial charge >= 0.3 is 0 Å². The quantitative estimate of drug-likeness (QED) is 0.911. The predicted molar refractivity (Wildman–Crippen MR) is 84.6 cm³/mol. The number of thiazole rings is 1. The molecule has 7 heteroatoms. The fraction of sp³-hybridized carbons (Fsp3) is 0.286. The van der Waals surface area contributed by atoms with Crippen molar-refractivity contribution >= 4 is 33.9 Å². The Morgan fingerprint density at radius 3 is 2.90 bits per heavy atom. The van der Waals surface area contributed by atoms with Crippen LogP contribution in [-0.2, 0) is 0 Å². The lowest BCUT2D eigenvalue weighted by Crippen LogP contribution is -2.15. The first-order chi connectivity index (χ1) is 9.92. The van der Waals surface area contributed by atoms with Crippen molar-refractivity contribution in [2.24, 2.45) is 0 Å². The van der Waals surface area contributed by atoms with Crippen LogP contribution < -0.4 is 16.0 Å². The summed E-state index contributed by atoms with van der Waals surface area (Å²) in [5.74, 6) is -0.601. The van der Waals surface area contributed by atoms with Gasteiger partial charge in [0.15, 0.2) is 5.13 Å². The van der Waals surface area contributed by atoms with Crippen LogP contribution in [0.2, 0.25) is 0 Å². The zero-order valence-corrected chi connectivity index (χ0v) is 12.9. The van der Waals surface area contributed by atoms with E-state index in [0.29, 0.717) is 15.7 Å². The number of halogens is 1. The normalized spacial score (nSPS) is 10.5. The number of benzene rings is 1. The van der Waals surface area contributed by atoms with Crippen LogP contribution in [0.5, 0.6) is 0 Å². The van der Waals surface area contributed by atoms with E-state index in [1.54, 1.807) is 13.0 Å². The highest BCUT2D eigenvalue weighted by Gasteiger charge is 2.18. The molecular formula is C14H17FN4OS. The van der Waals surface area contributed by atoms with Crippen molar-refractivity contribution in [3.05, 3.63) is 34.5 Å². The maximum absolute atomic E-state index is 13.2. The Kier molecular flexibility index (Phi) is 4.42. The van der Waals surface area contributed by atoms with Crippen LogP contribution in [-0.4, -0.2) is 24.5 Å². The topological polar surface area (TPSA) is 71.2 Å². The highest BCUT2D eigenvalue weighted by molar-refractivity contribution is 7.18. The number of rotatable bonds is 4. The molecule has 0 radical (unpaired) electrons. The molecule has 1 aromatic heterocycles. The number of aromatic nitrogens is 1. The number of nitrogens with one attached hydrogen (secondary N) is 1. The van der Waals surface area contributed by atoms with Gasteiger partial charge in [0.25, 0.3) is 5.91 Å². The molecule has 0 spiro atoms. The molecule has 112 valence electrons. The zero-order valence-electron chi connectivity index (χ0n) is 12.1. The second-order valence-corrected chi connectivity index (χ2v) is 5.62. The number of nitrogens with two attached hydrogens (primary N) is 1. The van der Waals surface area contributed by atoms with Crippen LogP contribution in [0.1, 0.15) is 22.2 Å². The first-order valence-electron chi connectivity index (χ1n) is 6.47. The second-order valence-electron chi connectivity index (χ2n) is 4.64. The number of hydrogen-bond donors (Lipinski definition) is 2. The number of anilines is 3. The first kappa shape index (κ1) is 15.2. The molecule has 0 bridgehead atoms. The van der Waals surface area contributed by atoms with Crippen LogP contribution in [0.25, 0.3) is 0 Å². The third kappa shape index (κ3) is 3.30. The lowest BCUT2D eigenvalue weighted by atomic mass is 10.2. The van der Waals surface area contributed by atoms with Crippen molar-refractivity contribution in [3.63, 3.8) is 0 Å². The standard InChI is InChI=1S/C14H17FN4OS/c1-4-19(3)14-18-12(16)11(21-14)13(20)17-10-7-9(15)6-5-8(10)2/h5-7H,4,16H2,1-3H3,(H,17,20). The summed E-state index contributed by atoms with van der Waals surface area (Å²) in [6, 6.07) is 4.24. The van der Waals surface area contributed by atoms with Gasteiger partial charge < -0.3 is 16.0 Å². The molecule has 2 aromatic rings. The summed E-state index contributed by atoms with van der Waals surface area (Å²) >= 11 is 1.21. The number of nitrogen functional groups attached to an aromatic ring is 1. The second kappa shape index (κ2) is 6.09. The first-order valence-corrected chi connectivity index (χ1v) is 7.29. The average molecular weight is 308 g/mol. The number of aryl methyl sites for hydroxylation is 1. The molecule has 0 atom stereocenters. The summed E-state index contributed by atoms with van der Waals surface area (Å²) < 4.78 is 13.2. The van der Waals surface area contributed by atoms with Gasteiger partial charge in [-0.2, -0.15) is 0 Å².